The molecular weight excluding hydrogens is 244 g/mol. The molecule has 3 unspecified atom stereocenters. The van der Waals surface area contributed by atoms with E-state index in [1.54, 1.807) is 0 Å². The van der Waals surface area contributed by atoms with Gasteiger partial charge in [0.05, 0.1) is 18.6 Å². The Morgan fingerprint density at radius 2 is 2.00 bits per heavy atom. The third-order valence-corrected chi connectivity index (χ3v) is 3.83. The maximum Gasteiger partial charge on any atom is 0.225 e. The molecule has 0 aromatic heterocycles. The molecule has 2 N–H and O–H groups in total. The van der Waals surface area contributed by atoms with Gasteiger partial charge in [0, 0.05) is 25.6 Å². The van der Waals surface area contributed by atoms with E-state index in [4.69, 9.17) is 15.2 Å². The Bertz CT molecular complexity index is 325. The first-order valence-electron chi connectivity index (χ1n) is 7.26. The molecular formula is C14H26N2O3. The molecule has 0 saturated carbocycles. The zero-order chi connectivity index (χ0) is 14.0. The predicted octanol–water partition coefficient (Wildman–Crippen LogP) is 1.26. The van der Waals surface area contributed by atoms with Gasteiger partial charge in [-0.1, -0.05) is 0 Å². The van der Waals surface area contributed by atoms with Gasteiger partial charge in [-0.05, 0) is 33.6 Å². The fourth-order valence-electron chi connectivity index (χ4n) is 2.89. The summed E-state index contributed by atoms with van der Waals surface area (Å²) in [6.45, 7) is 7.49. The molecule has 0 spiro atoms. The lowest BCUT2D eigenvalue weighted by Crippen LogP contribution is -2.51. The van der Waals surface area contributed by atoms with Crippen LogP contribution in [0.4, 0.5) is 0 Å². The summed E-state index contributed by atoms with van der Waals surface area (Å²) in [5.74, 6) is -0.462. The Balaban J connectivity index is 1.93. The van der Waals surface area contributed by atoms with Crippen LogP contribution in [0.5, 0.6) is 0 Å². The number of carbonyl (C=O) groups is 1. The molecule has 2 saturated heterocycles. The summed E-state index contributed by atoms with van der Waals surface area (Å²) in [7, 11) is 0. The largest absolute Gasteiger partial charge is 0.347 e. The van der Waals surface area contributed by atoms with Crippen molar-refractivity contribution in [3.8, 4) is 0 Å². The van der Waals surface area contributed by atoms with Gasteiger partial charge in [0.25, 0.3) is 0 Å². The van der Waals surface area contributed by atoms with Gasteiger partial charge in [-0.15, -0.1) is 0 Å². The maximum absolute atomic E-state index is 12.2. The minimum absolute atomic E-state index is 0.0415. The van der Waals surface area contributed by atoms with Gasteiger partial charge in [0.1, 0.15) is 0 Å². The zero-order valence-electron chi connectivity index (χ0n) is 12.2. The van der Waals surface area contributed by atoms with E-state index < -0.39 is 5.79 Å². The van der Waals surface area contributed by atoms with E-state index in [1.807, 2.05) is 25.7 Å². The van der Waals surface area contributed by atoms with Crippen LogP contribution < -0.4 is 5.73 Å². The smallest absolute Gasteiger partial charge is 0.225 e. The maximum atomic E-state index is 12.2. The number of rotatable bonds is 3. The highest BCUT2D eigenvalue weighted by Gasteiger charge is 2.38. The van der Waals surface area contributed by atoms with E-state index in [0.717, 1.165) is 25.9 Å². The van der Waals surface area contributed by atoms with Crippen molar-refractivity contribution in [2.24, 2.45) is 5.73 Å². The van der Waals surface area contributed by atoms with Crippen LogP contribution in [0.2, 0.25) is 0 Å². The van der Waals surface area contributed by atoms with Gasteiger partial charge in [0.2, 0.25) is 5.91 Å². The van der Waals surface area contributed by atoms with Crippen molar-refractivity contribution in [1.29, 1.82) is 0 Å². The summed E-state index contributed by atoms with van der Waals surface area (Å²) in [6.07, 6.45) is 3.24. The first-order valence-corrected chi connectivity index (χ1v) is 7.26. The van der Waals surface area contributed by atoms with E-state index in [-0.39, 0.29) is 24.2 Å². The molecule has 1 amide bonds. The highest BCUT2D eigenvalue weighted by molar-refractivity contribution is 5.76. The standard InChI is InChI=1S/C14H26N2O3/c1-10(15)12-8-11(18-14(2,3)19-12)9-13(17)16-6-4-5-7-16/h10-12H,4-9,15H2,1-3H3. The second-order valence-corrected chi connectivity index (χ2v) is 6.18. The third kappa shape index (κ3) is 3.91. The van der Waals surface area contributed by atoms with E-state index >= 15 is 0 Å². The van der Waals surface area contributed by atoms with Crippen LogP contribution >= 0.6 is 0 Å². The second kappa shape index (κ2) is 5.77. The van der Waals surface area contributed by atoms with E-state index in [2.05, 4.69) is 0 Å². The van der Waals surface area contributed by atoms with Gasteiger partial charge in [-0.3, -0.25) is 4.79 Å². The van der Waals surface area contributed by atoms with Crippen LogP contribution in [0.3, 0.4) is 0 Å². The lowest BCUT2D eigenvalue weighted by atomic mass is 10.0. The quantitative estimate of drug-likeness (QED) is 0.838. The molecule has 3 atom stereocenters. The van der Waals surface area contributed by atoms with Crippen molar-refractivity contribution in [3.63, 3.8) is 0 Å². The van der Waals surface area contributed by atoms with Crippen LogP contribution in [0.25, 0.3) is 0 Å². The number of amides is 1. The molecule has 2 rings (SSSR count). The van der Waals surface area contributed by atoms with Crippen LogP contribution in [0, 0.1) is 0 Å². The molecule has 19 heavy (non-hydrogen) atoms. The molecule has 2 heterocycles. The average molecular weight is 270 g/mol. The highest BCUT2D eigenvalue weighted by atomic mass is 16.7. The van der Waals surface area contributed by atoms with Crippen molar-refractivity contribution < 1.29 is 14.3 Å². The summed E-state index contributed by atoms with van der Waals surface area (Å²) < 4.78 is 11.7. The highest BCUT2D eigenvalue weighted by Crippen LogP contribution is 2.30. The number of carbonyl (C=O) groups excluding carboxylic acids is 1. The zero-order valence-corrected chi connectivity index (χ0v) is 12.2. The number of nitrogens with zero attached hydrogens (tertiary/aromatic N) is 1. The Morgan fingerprint density at radius 1 is 1.37 bits per heavy atom. The van der Waals surface area contributed by atoms with Gasteiger partial charge >= 0.3 is 0 Å². The summed E-state index contributed by atoms with van der Waals surface area (Å²) in [5.41, 5.74) is 5.93. The molecule has 0 radical (unpaired) electrons. The SMILES string of the molecule is CC(N)C1CC(CC(=O)N2CCCC2)OC(C)(C)O1. The number of ether oxygens (including phenoxy) is 2. The molecule has 0 aliphatic carbocycles. The number of likely N-dealkylation sites (tertiary alicyclic amines) is 1. The molecule has 2 fully saturated rings. The molecule has 5 nitrogen and oxygen atoms in total. The summed E-state index contributed by atoms with van der Waals surface area (Å²) in [4.78, 5) is 14.1. The lowest BCUT2D eigenvalue weighted by Gasteiger charge is -2.42. The van der Waals surface area contributed by atoms with Gasteiger partial charge in [-0.25, -0.2) is 0 Å². The van der Waals surface area contributed by atoms with Gasteiger partial charge in [0.15, 0.2) is 5.79 Å². The molecule has 2 aliphatic rings. The van der Waals surface area contributed by atoms with Crippen molar-refractivity contribution in [2.45, 2.75) is 70.5 Å². The average Bonchev–Trinajstić information content (AvgIpc) is 2.79. The second-order valence-electron chi connectivity index (χ2n) is 6.18. The molecule has 2 aliphatic heterocycles. The monoisotopic (exact) mass is 270 g/mol. The van der Waals surface area contributed by atoms with Gasteiger partial charge in [-0.2, -0.15) is 0 Å². The first kappa shape index (κ1) is 14.8. The summed E-state index contributed by atoms with van der Waals surface area (Å²) in [5, 5.41) is 0. The Morgan fingerprint density at radius 3 is 2.58 bits per heavy atom. The third-order valence-electron chi connectivity index (χ3n) is 3.83. The fraction of sp³-hybridized carbons (Fsp3) is 0.929. The summed E-state index contributed by atoms with van der Waals surface area (Å²) in [6, 6.07) is -0.0486. The van der Waals surface area contributed by atoms with Crippen LogP contribution in [-0.4, -0.2) is 47.9 Å². The fourth-order valence-corrected chi connectivity index (χ4v) is 2.89. The van der Waals surface area contributed by atoms with Crippen LogP contribution in [-0.2, 0) is 14.3 Å². The Kier molecular flexibility index (Phi) is 4.48. The predicted molar refractivity (Wildman–Crippen MR) is 72.5 cm³/mol. The molecule has 0 aromatic carbocycles. The Hall–Kier alpha value is -0.650. The number of nitrogens with two attached hydrogens (primary N) is 1. The molecule has 5 heteroatoms. The van der Waals surface area contributed by atoms with E-state index in [0.29, 0.717) is 12.8 Å². The number of hydrogen-bond acceptors (Lipinski definition) is 4. The van der Waals surface area contributed by atoms with E-state index in [1.165, 1.54) is 0 Å². The topological polar surface area (TPSA) is 64.8 Å². The van der Waals surface area contributed by atoms with Crippen molar-refractivity contribution in [1.82, 2.24) is 4.90 Å². The minimum atomic E-state index is -0.660. The van der Waals surface area contributed by atoms with Crippen LogP contribution in [0.1, 0.15) is 46.5 Å². The normalized spacial score (nSPS) is 32.3. The van der Waals surface area contributed by atoms with Crippen molar-refractivity contribution >= 4 is 5.91 Å². The lowest BCUT2D eigenvalue weighted by molar-refractivity contribution is -0.301. The van der Waals surface area contributed by atoms with E-state index in [9.17, 15) is 4.79 Å². The van der Waals surface area contributed by atoms with Crippen LogP contribution in [0.15, 0.2) is 0 Å². The molecule has 0 aromatic rings. The number of hydrogen-bond donors (Lipinski definition) is 1. The van der Waals surface area contributed by atoms with Crippen molar-refractivity contribution in [2.75, 3.05) is 13.1 Å². The van der Waals surface area contributed by atoms with Gasteiger partial charge < -0.3 is 20.1 Å². The minimum Gasteiger partial charge on any atom is -0.347 e. The first-order chi connectivity index (χ1) is 8.87. The van der Waals surface area contributed by atoms with Crippen molar-refractivity contribution in [3.05, 3.63) is 0 Å². The Labute approximate surface area is 115 Å². The molecule has 110 valence electrons. The summed E-state index contributed by atoms with van der Waals surface area (Å²) >= 11 is 0. The molecule has 0 bridgehead atoms.